The minimum absolute atomic E-state index is 0.379. The van der Waals surface area contributed by atoms with Gasteiger partial charge in [0.2, 0.25) is 0 Å². The van der Waals surface area contributed by atoms with E-state index >= 15 is 0 Å². The molecule has 84 valence electrons. The van der Waals surface area contributed by atoms with E-state index in [0.717, 1.165) is 5.56 Å². The van der Waals surface area contributed by atoms with Crippen LogP contribution in [-0.4, -0.2) is 9.97 Å². The van der Waals surface area contributed by atoms with Gasteiger partial charge in [-0.2, -0.15) is 5.26 Å². The van der Waals surface area contributed by atoms with Crippen molar-refractivity contribution >= 4 is 11.5 Å². The molecule has 3 N–H and O–H groups in total. The molecule has 0 aromatic carbocycles. The summed E-state index contributed by atoms with van der Waals surface area (Å²) in [5, 5.41) is 11.9. The average molecular weight is 225 g/mol. The van der Waals surface area contributed by atoms with Gasteiger partial charge in [-0.25, -0.2) is 4.98 Å². The van der Waals surface area contributed by atoms with E-state index < -0.39 is 0 Å². The first kappa shape index (κ1) is 10.9. The van der Waals surface area contributed by atoms with Gasteiger partial charge in [-0.3, -0.25) is 4.98 Å². The van der Waals surface area contributed by atoms with Gasteiger partial charge in [-0.05, 0) is 23.8 Å². The van der Waals surface area contributed by atoms with Gasteiger partial charge >= 0.3 is 0 Å². The molecule has 2 rings (SSSR count). The summed E-state index contributed by atoms with van der Waals surface area (Å²) in [5.41, 5.74) is 7.68. The van der Waals surface area contributed by atoms with Crippen molar-refractivity contribution in [2.45, 2.75) is 6.54 Å². The molecule has 0 radical (unpaired) electrons. The Morgan fingerprint density at radius 3 is 2.71 bits per heavy atom. The first-order valence-electron chi connectivity index (χ1n) is 5.08. The van der Waals surface area contributed by atoms with Gasteiger partial charge in [0, 0.05) is 25.1 Å². The van der Waals surface area contributed by atoms with Gasteiger partial charge in [0.25, 0.3) is 0 Å². The summed E-state index contributed by atoms with van der Waals surface area (Å²) in [7, 11) is 0. The fourth-order valence-corrected chi connectivity index (χ4v) is 1.40. The Kier molecular flexibility index (Phi) is 3.17. The summed E-state index contributed by atoms with van der Waals surface area (Å²) >= 11 is 0. The average Bonchev–Trinajstić information content (AvgIpc) is 2.39. The molecule has 0 aliphatic carbocycles. The minimum atomic E-state index is 0.379. The number of nitrogens with two attached hydrogens (primary N) is 1. The molecule has 17 heavy (non-hydrogen) atoms. The monoisotopic (exact) mass is 225 g/mol. The standard InChI is InChI=1S/C12H11N5/c13-7-10-3-6-16-12(11(10)14)17-8-9-1-4-15-5-2-9/h1-6H,8,14H2,(H,16,17). The third-order valence-electron chi connectivity index (χ3n) is 2.32. The lowest BCUT2D eigenvalue weighted by Crippen LogP contribution is -2.05. The van der Waals surface area contributed by atoms with Gasteiger partial charge in [0.1, 0.15) is 6.07 Å². The molecule has 0 amide bonds. The molecule has 0 aliphatic rings. The van der Waals surface area contributed by atoms with Gasteiger partial charge in [0.05, 0.1) is 11.3 Å². The molecule has 2 aromatic rings. The molecule has 0 saturated carbocycles. The van der Waals surface area contributed by atoms with Crippen LogP contribution >= 0.6 is 0 Å². The summed E-state index contributed by atoms with van der Waals surface area (Å²) in [4.78, 5) is 8.03. The van der Waals surface area contributed by atoms with E-state index in [1.165, 1.54) is 0 Å². The largest absolute Gasteiger partial charge is 0.395 e. The van der Waals surface area contributed by atoms with E-state index in [9.17, 15) is 0 Å². The number of nitriles is 1. The highest BCUT2D eigenvalue weighted by Crippen LogP contribution is 2.19. The molecular formula is C12H11N5. The fourth-order valence-electron chi connectivity index (χ4n) is 1.40. The number of anilines is 2. The summed E-state index contributed by atoms with van der Waals surface area (Å²) in [5.74, 6) is 0.529. The molecule has 5 heteroatoms. The van der Waals surface area contributed by atoms with Crippen molar-refractivity contribution in [1.29, 1.82) is 5.26 Å². The highest BCUT2D eigenvalue weighted by Gasteiger charge is 2.04. The number of rotatable bonds is 3. The van der Waals surface area contributed by atoms with Crippen LogP contribution in [0.3, 0.4) is 0 Å². The van der Waals surface area contributed by atoms with Gasteiger partial charge < -0.3 is 11.1 Å². The number of nitrogens with one attached hydrogen (secondary N) is 1. The SMILES string of the molecule is N#Cc1ccnc(NCc2ccncc2)c1N. The van der Waals surface area contributed by atoms with Crippen molar-refractivity contribution in [2.75, 3.05) is 11.1 Å². The van der Waals surface area contributed by atoms with Crippen LogP contribution in [0.4, 0.5) is 11.5 Å². The first-order valence-corrected chi connectivity index (χ1v) is 5.08. The Labute approximate surface area is 98.9 Å². The minimum Gasteiger partial charge on any atom is -0.395 e. The number of hydrogen-bond donors (Lipinski definition) is 2. The number of hydrogen-bond acceptors (Lipinski definition) is 5. The van der Waals surface area contributed by atoms with Crippen LogP contribution < -0.4 is 11.1 Å². The fraction of sp³-hybridized carbons (Fsp3) is 0.0833. The van der Waals surface area contributed by atoms with Crippen molar-refractivity contribution in [2.24, 2.45) is 0 Å². The van der Waals surface area contributed by atoms with Gasteiger partial charge in [-0.1, -0.05) is 0 Å². The second kappa shape index (κ2) is 4.94. The van der Waals surface area contributed by atoms with Crippen LogP contribution in [0.15, 0.2) is 36.8 Å². The smallest absolute Gasteiger partial charge is 0.150 e. The normalized spacial score (nSPS) is 9.59. The van der Waals surface area contributed by atoms with E-state index in [4.69, 9.17) is 11.0 Å². The molecule has 0 unspecified atom stereocenters. The van der Waals surface area contributed by atoms with E-state index in [1.807, 2.05) is 18.2 Å². The van der Waals surface area contributed by atoms with Crippen molar-refractivity contribution in [1.82, 2.24) is 9.97 Å². The van der Waals surface area contributed by atoms with Gasteiger partial charge in [0.15, 0.2) is 5.82 Å². The Morgan fingerprint density at radius 1 is 1.24 bits per heavy atom. The Bertz CT molecular complexity index is 545. The summed E-state index contributed by atoms with van der Waals surface area (Å²) in [6, 6.07) is 7.41. The second-order valence-electron chi connectivity index (χ2n) is 3.44. The molecule has 2 heterocycles. The van der Waals surface area contributed by atoms with Crippen LogP contribution in [0.1, 0.15) is 11.1 Å². The maximum absolute atomic E-state index is 8.83. The van der Waals surface area contributed by atoms with Crippen LogP contribution in [-0.2, 0) is 6.54 Å². The topological polar surface area (TPSA) is 87.6 Å². The Hall–Kier alpha value is -2.61. The number of nitrogen functional groups attached to an aromatic ring is 1. The summed E-state index contributed by atoms with van der Waals surface area (Å²) in [6.07, 6.45) is 5.00. The lowest BCUT2D eigenvalue weighted by Gasteiger charge is -2.08. The number of nitrogens with zero attached hydrogens (tertiary/aromatic N) is 3. The van der Waals surface area contributed by atoms with E-state index in [-0.39, 0.29) is 0 Å². The molecule has 2 aromatic heterocycles. The van der Waals surface area contributed by atoms with Crippen LogP contribution in [0.5, 0.6) is 0 Å². The van der Waals surface area contributed by atoms with E-state index in [0.29, 0.717) is 23.6 Å². The molecule has 0 fully saturated rings. The predicted octanol–water partition coefficient (Wildman–Crippen LogP) is 1.54. The molecule has 0 atom stereocenters. The third kappa shape index (κ3) is 2.49. The lowest BCUT2D eigenvalue weighted by molar-refractivity contribution is 1.10. The first-order chi connectivity index (χ1) is 8.31. The summed E-state index contributed by atoms with van der Waals surface area (Å²) in [6.45, 7) is 0.592. The van der Waals surface area contributed by atoms with E-state index in [2.05, 4.69) is 15.3 Å². The molecule has 5 nitrogen and oxygen atoms in total. The molecular weight excluding hydrogens is 214 g/mol. The zero-order valence-corrected chi connectivity index (χ0v) is 9.09. The maximum atomic E-state index is 8.83. The zero-order chi connectivity index (χ0) is 12.1. The van der Waals surface area contributed by atoms with Crippen molar-refractivity contribution in [3.05, 3.63) is 47.9 Å². The Morgan fingerprint density at radius 2 is 2.00 bits per heavy atom. The van der Waals surface area contributed by atoms with Crippen molar-refractivity contribution in [3.63, 3.8) is 0 Å². The van der Waals surface area contributed by atoms with Crippen LogP contribution in [0, 0.1) is 11.3 Å². The lowest BCUT2D eigenvalue weighted by atomic mass is 10.2. The summed E-state index contributed by atoms with van der Waals surface area (Å²) < 4.78 is 0. The molecule has 0 saturated heterocycles. The highest BCUT2D eigenvalue weighted by molar-refractivity contribution is 5.68. The molecule has 0 bridgehead atoms. The molecule has 0 spiro atoms. The number of pyridine rings is 2. The van der Waals surface area contributed by atoms with E-state index in [1.54, 1.807) is 24.7 Å². The Balaban J connectivity index is 2.13. The van der Waals surface area contributed by atoms with Crippen molar-refractivity contribution < 1.29 is 0 Å². The van der Waals surface area contributed by atoms with Crippen LogP contribution in [0.2, 0.25) is 0 Å². The zero-order valence-electron chi connectivity index (χ0n) is 9.09. The highest BCUT2D eigenvalue weighted by atomic mass is 15.0. The quantitative estimate of drug-likeness (QED) is 0.827. The van der Waals surface area contributed by atoms with Crippen molar-refractivity contribution in [3.8, 4) is 6.07 Å². The third-order valence-corrected chi connectivity index (χ3v) is 2.32. The maximum Gasteiger partial charge on any atom is 0.150 e. The van der Waals surface area contributed by atoms with Gasteiger partial charge in [-0.15, -0.1) is 0 Å². The second-order valence-corrected chi connectivity index (χ2v) is 3.44. The molecule has 0 aliphatic heterocycles. The number of aromatic nitrogens is 2. The predicted molar refractivity (Wildman–Crippen MR) is 64.9 cm³/mol. The van der Waals surface area contributed by atoms with Crippen LogP contribution in [0.25, 0.3) is 0 Å².